The molecule has 0 amide bonds. The van der Waals surface area contributed by atoms with Gasteiger partial charge in [0, 0.05) is 6.04 Å². The molecule has 58 valence electrons. The van der Waals surface area contributed by atoms with Gasteiger partial charge in [-0.2, -0.15) is 10.5 Å². The Morgan fingerprint density at radius 2 is 1.82 bits per heavy atom. The fraction of sp³-hybridized carbons (Fsp3) is 0.429. The van der Waals surface area contributed by atoms with E-state index in [1.165, 1.54) is 0 Å². The summed E-state index contributed by atoms with van der Waals surface area (Å²) in [4.78, 5) is 0. The van der Waals surface area contributed by atoms with Crippen molar-refractivity contribution in [2.24, 2.45) is 0 Å². The topological polar surface area (TPSA) is 79.8 Å². The van der Waals surface area contributed by atoms with E-state index in [4.69, 9.17) is 15.6 Å². The highest BCUT2D eigenvalue weighted by atomic mass is 16.3. The van der Waals surface area contributed by atoms with E-state index in [-0.39, 0.29) is 17.5 Å². The smallest absolute Gasteiger partial charge is 0.213 e. The molecule has 4 nitrogen and oxygen atoms in total. The zero-order valence-electron chi connectivity index (χ0n) is 6.42. The summed E-state index contributed by atoms with van der Waals surface area (Å²) in [5, 5.41) is 28.1. The quantitative estimate of drug-likeness (QED) is 0.452. The standard InChI is InChI=1S/C7H9N3O/c1-5(2)10-7(11)6(3-8)4-9/h5,10-11H,1-2H3. The summed E-state index contributed by atoms with van der Waals surface area (Å²) in [5.41, 5.74) is -0.293. The largest absolute Gasteiger partial charge is 0.493 e. The predicted octanol–water partition coefficient (Wildman–Crippen LogP) is 0.801. The van der Waals surface area contributed by atoms with Gasteiger partial charge in [-0.25, -0.2) is 0 Å². The molecule has 0 saturated carbocycles. The van der Waals surface area contributed by atoms with Crippen molar-refractivity contribution >= 4 is 0 Å². The summed E-state index contributed by atoms with van der Waals surface area (Å²) in [6, 6.07) is 3.13. The van der Waals surface area contributed by atoms with E-state index in [1.54, 1.807) is 26.0 Å². The van der Waals surface area contributed by atoms with Gasteiger partial charge in [-0.05, 0) is 13.8 Å². The number of nitriles is 2. The maximum absolute atomic E-state index is 9.00. The third-order valence-electron chi connectivity index (χ3n) is 0.886. The molecule has 0 aromatic carbocycles. The zero-order chi connectivity index (χ0) is 8.85. The maximum atomic E-state index is 9.00. The molecule has 0 heterocycles. The van der Waals surface area contributed by atoms with E-state index in [2.05, 4.69) is 5.32 Å². The van der Waals surface area contributed by atoms with Crippen LogP contribution in [0.3, 0.4) is 0 Å². The summed E-state index contributed by atoms with van der Waals surface area (Å²) >= 11 is 0. The first-order valence-electron chi connectivity index (χ1n) is 3.11. The van der Waals surface area contributed by atoms with Crippen LogP contribution in [-0.4, -0.2) is 11.1 Å². The number of hydrogen-bond donors (Lipinski definition) is 2. The number of hydrogen-bond acceptors (Lipinski definition) is 4. The van der Waals surface area contributed by atoms with E-state index in [0.29, 0.717) is 0 Å². The Morgan fingerprint density at radius 1 is 1.36 bits per heavy atom. The van der Waals surface area contributed by atoms with Crippen molar-refractivity contribution in [1.82, 2.24) is 5.32 Å². The lowest BCUT2D eigenvalue weighted by Gasteiger charge is -2.06. The van der Waals surface area contributed by atoms with Crippen molar-refractivity contribution in [2.75, 3.05) is 0 Å². The molecule has 0 saturated heterocycles. The number of nitrogens with one attached hydrogen (secondary N) is 1. The second-order valence-electron chi connectivity index (χ2n) is 2.25. The van der Waals surface area contributed by atoms with Crippen LogP contribution in [0.25, 0.3) is 0 Å². The highest BCUT2D eigenvalue weighted by Crippen LogP contribution is 1.95. The van der Waals surface area contributed by atoms with E-state index < -0.39 is 0 Å². The maximum Gasteiger partial charge on any atom is 0.213 e. The monoisotopic (exact) mass is 151 g/mol. The van der Waals surface area contributed by atoms with Crippen molar-refractivity contribution in [3.63, 3.8) is 0 Å². The van der Waals surface area contributed by atoms with Crippen molar-refractivity contribution < 1.29 is 5.11 Å². The molecule has 2 N–H and O–H groups in total. The minimum absolute atomic E-state index is 0.00620. The summed E-state index contributed by atoms with van der Waals surface area (Å²) < 4.78 is 0. The third kappa shape index (κ3) is 3.12. The van der Waals surface area contributed by atoms with Gasteiger partial charge in [-0.3, -0.25) is 0 Å². The first-order valence-corrected chi connectivity index (χ1v) is 3.11. The number of allylic oxidation sites excluding steroid dienone is 1. The van der Waals surface area contributed by atoms with E-state index >= 15 is 0 Å². The van der Waals surface area contributed by atoms with Crippen LogP contribution in [0.5, 0.6) is 0 Å². The first kappa shape index (κ1) is 9.32. The van der Waals surface area contributed by atoms with Gasteiger partial charge in [0.1, 0.15) is 12.1 Å². The van der Waals surface area contributed by atoms with Crippen LogP contribution in [0.4, 0.5) is 0 Å². The molecular formula is C7H9N3O. The predicted molar refractivity (Wildman–Crippen MR) is 39.2 cm³/mol. The average Bonchev–Trinajstić information content (AvgIpc) is 1.88. The normalized spacial score (nSPS) is 8.09. The molecule has 0 bridgehead atoms. The van der Waals surface area contributed by atoms with Crippen LogP contribution < -0.4 is 5.32 Å². The molecular weight excluding hydrogens is 142 g/mol. The molecule has 0 radical (unpaired) electrons. The van der Waals surface area contributed by atoms with Gasteiger partial charge in [-0.1, -0.05) is 0 Å². The molecule has 0 aromatic rings. The molecule has 0 unspecified atom stereocenters. The van der Waals surface area contributed by atoms with E-state index in [9.17, 15) is 0 Å². The summed E-state index contributed by atoms with van der Waals surface area (Å²) in [6.45, 7) is 3.59. The molecule has 0 aliphatic rings. The average molecular weight is 151 g/mol. The van der Waals surface area contributed by atoms with Gasteiger partial charge in [0.15, 0.2) is 5.57 Å². The highest BCUT2D eigenvalue weighted by molar-refractivity contribution is 5.36. The summed E-state index contributed by atoms with van der Waals surface area (Å²) in [5.74, 6) is -0.356. The fourth-order valence-corrected chi connectivity index (χ4v) is 0.477. The fourth-order valence-electron chi connectivity index (χ4n) is 0.477. The van der Waals surface area contributed by atoms with Crippen LogP contribution in [0, 0.1) is 22.7 Å². The van der Waals surface area contributed by atoms with Gasteiger partial charge < -0.3 is 10.4 Å². The Morgan fingerprint density at radius 3 is 2.09 bits per heavy atom. The third-order valence-corrected chi connectivity index (χ3v) is 0.886. The molecule has 0 atom stereocenters. The van der Waals surface area contributed by atoms with Gasteiger partial charge in [0.05, 0.1) is 0 Å². The zero-order valence-corrected chi connectivity index (χ0v) is 6.42. The second kappa shape index (κ2) is 4.19. The lowest BCUT2D eigenvalue weighted by molar-refractivity contribution is 0.347. The molecule has 0 fully saturated rings. The number of aliphatic hydroxyl groups is 1. The molecule has 0 aromatic heterocycles. The Bertz CT molecular complexity index is 225. The van der Waals surface area contributed by atoms with Crippen LogP contribution in [-0.2, 0) is 0 Å². The van der Waals surface area contributed by atoms with Crippen LogP contribution in [0.2, 0.25) is 0 Å². The lowest BCUT2D eigenvalue weighted by atomic mass is 10.3. The Kier molecular flexibility index (Phi) is 3.55. The Balaban J connectivity index is 4.43. The lowest BCUT2D eigenvalue weighted by Crippen LogP contribution is -2.22. The molecule has 0 spiro atoms. The van der Waals surface area contributed by atoms with Gasteiger partial charge in [0.25, 0.3) is 0 Å². The van der Waals surface area contributed by atoms with Gasteiger partial charge in [-0.15, -0.1) is 0 Å². The van der Waals surface area contributed by atoms with Crippen molar-refractivity contribution in [1.29, 1.82) is 10.5 Å². The number of nitrogens with zero attached hydrogens (tertiary/aromatic N) is 2. The minimum atomic E-state index is -0.356. The number of aliphatic hydroxyl groups excluding tert-OH is 1. The van der Waals surface area contributed by atoms with Crippen molar-refractivity contribution in [3.05, 3.63) is 11.5 Å². The van der Waals surface area contributed by atoms with Crippen molar-refractivity contribution in [2.45, 2.75) is 19.9 Å². The van der Waals surface area contributed by atoms with E-state index in [1.807, 2.05) is 0 Å². The van der Waals surface area contributed by atoms with E-state index in [0.717, 1.165) is 0 Å². The molecule has 4 heteroatoms. The van der Waals surface area contributed by atoms with Crippen LogP contribution in [0.15, 0.2) is 11.5 Å². The molecule has 11 heavy (non-hydrogen) atoms. The second-order valence-corrected chi connectivity index (χ2v) is 2.25. The first-order chi connectivity index (χ1) is 5.11. The summed E-state index contributed by atoms with van der Waals surface area (Å²) in [6.07, 6.45) is 0. The van der Waals surface area contributed by atoms with Crippen LogP contribution in [0.1, 0.15) is 13.8 Å². The van der Waals surface area contributed by atoms with Gasteiger partial charge >= 0.3 is 0 Å². The molecule has 0 aliphatic heterocycles. The van der Waals surface area contributed by atoms with Crippen molar-refractivity contribution in [3.8, 4) is 12.1 Å². The molecule has 0 rings (SSSR count). The Labute approximate surface area is 65.4 Å². The molecule has 0 aliphatic carbocycles. The Hall–Kier alpha value is -1.68. The summed E-state index contributed by atoms with van der Waals surface area (Å²) in [7, 11) is 0. The van der Waals surface area contributed by atoms with Gasteiger partial charge in [0.2, 0.25) is 5.88 Å². The number of rotatable bonds is 2. The SMILES string of the molecule is CC(C)NC(O)=C(C#N)C#N. The van der Waals surface area contributed by atoms with Crippen LogP contribution >= 0.6 is 0 Å². The highest BCUT2D eigenvalue weighted by Gasteiger charge is 2.03. The minimum Gasteiger partial charge on any atom is -0.493 e.